The SMILES string of the molecule is C=CC(=O)NC1CCCC1NC(=O)c1sc2nccc3c2c1NC(=O)N3c1cccc(-c2ccccc2)c1. The van der Waals surface area contributed by atoms with Crippen LogP contribution in [0, 0.1) is 0 Å². The Morgan fingerprint density at radius 3 is 2.58 bits per heavy atom. The van der Waals surface area contributed by atoms with Crippen LogP contribution in [0.3, 0.4) is 0 Å². The van der Waals surface area contributed by atoms with E-state index >= 15 is 0 Å². The number of pyridine rings is 1. The van der Waals surface area contributed by atoms with Crippen LogP contribution in [0.15, 0.2) is 79.5 Å². The highest BCUT2D eigenvalue weighted by Gasteiger charge is 2.35. The first-order valence-electron chi connectivity index (χ1n) is 12.5. The molecule has 0 saturated heterocycles. The highest BCUT2D eigenvalue weighted by Crippen LogP contribution is 2.46. The number of hydrogen-bond donors (Lipinski definition) is 3. The number of anilines is 3. The molecule has 4 amide bonds. The molecule has 3 N–H and O–H groups in total. The summed E-state index contributed by atoms with van der Waals surface area (Å²) in [6.45, 7) is 3.50. The minimum Gasteiger partial charge on any atom is -0.348 e. The summed E-state index contributed by atoms with van der Waals surface area (Å²) >= 11 is 1.24. The second-order valence-electron chi connectivity index (χ2n) is 9.33. The maximum absolute atomic E-state index is 13.5. The summed E-state index contributed by atoms with van der Waals surface area (Å²) in [5.41, 5.74) is 3.90. The number of thiophene rings is 1. The molecule has 190 valence electrons. The lowest BCUT2D eigenvalue weighted by Gasteiger charge is -2.29. The smallest absolute Gasteiger partial charge is 0.331 e. The molecule has 1 fully saturated rings. The Morgan fingerprint density at radius 2 is 1.79 bits per heavy atom. The van der Waals surface area contributed by atoms with Gasteiger partial charge < -0.3 is 16.0 Å². The van der Waals surface area contributed by atoms with Crippen molar-refractivity contribution in [3.8, 4) is 11.1 Å². The molecular weight excluding hydrogens is 498 g/mol. The van der Waals surface area contributed by atoms with Crippen LogP contribution in [0.4, 0.5) is 21.9 Å². The number of nitrogens with zero attached hydrogens (tertiary/aromatic N) is 2. The fourth-order valence-corrected chi connectivity index (χ4v) is 6.26. The summed E-state index contributed by atoms with van der Waals surface area (Å²) in [4.78, 5) is 45.9. The van der Waals surface area contributed by atoms with Crippen molar-refractivity contribution < 1.29 is 14.4 Å². The van der Waals surface area contributed by atoms with Gasteiger partial charge in [-0.25, -0.2) is 9.78 Å². The molecule has 2 aromatic carbocycles. The Bertz CT molecular complexity index is 1580. The Labute approximate surface area is 223 Å². The standard InChI is InChI=1S/C29H25N5O3S/c1-2-23(35)31-20-12-7-13-21(20)32-27(36)26-25-24-22(14-15-30-28(24)38-26)34(29(37)33-25)19-11-6-10-18(16-19)17-8-4-3-5-9-17/h2-6,8-11,14-16,20-21H,1,7,12-13H2,(H,31,35)(H,32,36)(H,33,37). The summed E-state index contributed by atoms with van der Waals surface area (Å²) in [5, 5.41) is 9.65. The summed E-state index contributed by atoms with van der Waals surface area (Å²) in [6, 6.07) is 18.9. The summed E-state index contributed by atoms with van der Waals surface area (Å²) < 4.78 is 0. The van der Waals surface area contributed by atoms with E-state index in [2.05, 4.69) is 27.5 Å². The van der Waals surface area contributed by atoms with Crippen molar-refractivity contribution in [2.45, 2.75) is 31.3 Å². The van der Waals surface area contributed by atoms with Gasteiger partial charge in [-0.2, -0.15) is 0 Å². The number of hydrogen-bond acceptors (Lipinski definition) is 5. The molecule has 6 rings (SSSR count). The molecule has 0 bridgehead atoms. The average Bonchev–Trinajstić information content (AvgIpc) is 3.54. The van der Waals surface area contributed by atoms with E-state index in [1.54, 1.807) is 17.2 Å². The minimum absolute atomic E-state index is 0.161. The van der Waals surface area contributed by atoms with Crippen LogP contribution < -0.4 is 20.9 Å². The third kappa shape index (κ3) is 4.20. The fourth-order valence-electron chi connectivity index (χ4n) is 5.24. The van der Waals surface area contributed by atoms with Crippen molar-refractivity contribution in [1.29, 1.82) is 0 Å². The lowest BCUT2D eigenvalue weighted by atomic mass is 10.0. The topological polar surface area (TPSA) is 103 Å². The molecule has 4 aromatic rings. The van der Waals surface area contributed by atoms with E-state index in [0.717, 1.165) is 35.8 Å². The zero-order valence-electron chi connectivity index (χ0n) is 20.4. The first kappa shape index (κ1) is 23.9. The first-order chi connectivity index (χ1) is 18.5. The molecule has 1 aliphatic heterocycles. The van der Waals surface area contributed by atoms with Crippen LogP contribution in [-0.2, 0) is 4.79 Å². The number of carbonyl (C=O) groups excluding carboxylic acids is 3. The molecular formula is C29H25N5O3S. The van der Waals surface area contributed by atoms with Crippen LogP contribution in [-0.4, -0.2) is 34.9 Å². The largest absolute Gasteiger partial charge is 0.348 e. The number of urea groups is 1. The predicted molar refractivity (Wildman–Crippen MR) is 150 cm³/mol. The quantitative estimate of drug-likeness (QED) is 0.286. The molecule has 0 spiro atoms. The number of nitrogens with one attached hydrogen (secondary N) is 3. The van der Waals surface area contributed by atoms with E-state index in [4.69, 9.17) is 0 Å². The Kier molecular flexibility index (Phi) is 6.13. The molecule has 38 heavy (non-hydrogen) atoms. The van der Waals surface area contributed by atoms with Gasteiger partial charge in [-0.3, -0.25) is 14.5 Å². The second kappa shape index (κ2) is 9.75. The molecule has 1 aliphatic carbocycles. The van der Waals surface area contributed by atoms with Gasteiger partial charge >= 0.3 is 6.03 Å². The van der Waals surface area contributed by atoms with Crippen molar-refractivity contribution in [3.05, 3.63) is 84.4 Å². The maximum Gasteiger partial charge on any atom is 0.331 e. The van der Waals surface area contributed by atoms with E-state index in [-0.39, 0.29) is 29.9 Å². The lowest BCUT2D eigenvalue weighted by molar-refractivity contribution is -0.117. The van der Waals surface area contributed by atoms with Gasteiger partial charge in [0.05, 0.1) is 22.4 Å². The molecule has 8 nitrogen and oxygen atoms in total. The van der Waals surface area contributed by atoms with Gasteiger partial charge in [0.15, 0.2) is 0 Å². The van der Waals surface area contributed by atoms with Gasteiger partial charge in [0.1, 0.15) is 9.71 Å². The molecule has 1 saturated carbocycles. The third-order valence-corrected chi connectivity index (χ3v) is 8.11. The van der Waals surface area contributed by atoms with E-state index in [1.165, 1.54) is 17.4 Å². The van der Waals surface area contributed by atoms with E-state index in [9.17, 15) is 14.4 Å². The van der Waals surface area contributed by atoms with Gasteiger partial charge in [-0.05, 0) is 54.7 Å². The number of aromatic nitrogens is 1. The molecule has 2 atom stereocenters. The highest BCUT2D eigenvalue weighted by molar-refractivity contribution is 7.21. The van der Waals surface area contributed by atoms with Gasteiger partial charge in [0, 0.05) is 18.3 Å². The van der Waals surface area contributed by atoms with Gasteiger partial charge in [0.2, 0.25) is 5.91 Å². The average molecular weight is 524 g/mol. The van der Waals surface area contributed by atoms with Crippen LogP contribution in [0.25, 0.3) is 21.3 Å². The maximum atomic E-state index is 13.5. The van der Waals surface area contributed by atoms with Gasteiger partial charge in [0.25, 0.3) is 5.91 Å². The van der Waals surface area contributed by atoms with Crippen LogP contribution >= 0.6 is 11.3 Å². The monoisotopic (exact) mass is 523 g/mol. The van der Waals surface area contributed by atoms with E-state index < -0.39 is 0 Å². The van der Waals surface area contributed by atoms with Gasteiger partial charge in [-0.15, -0.1) is 11.3 Å². The summed E-state index contributed by atoms with van der Waals surface area (Å²) in [7, 11) is 0. The Morgan fingerprint density at radius 1 is 1.03 bits per heavy atom. The number of benzene rings is 2. The number of carbonyl (C=O) groups is 3. The highest BCUT2D eigenvalue weighted by atomic mass is 32.1. The second-order valence-corrected chi connectivity index (χ2v) is 10.3. The third-order valence-electron chi connectivity index (χ3n) is 7.01. The van der Waals surface area contributed by atoms with Crippen molar-refractivity contribution in [2.24, 2.45) is 0 Å². The summed E-state index contributed by atoms with van der Waals surface area (Å²) in [5.74, 6) is -0.552. The van der Waals surface area contributed by atoms with Crippen LogP contribution in [0.1, 0.15) is 28.9 Å². The van der Waals surface area contributed by atoms with Crippen molar-refractivity contribution in [2.75, 3.05) is 10.2 Å². The normalized spacial score (nSPS) is 18.2. The lowest BCUT2D eigenvalue weighted by Crippen LogP contribution is -2.48. The fraction of sp³-hybridized carbons (Fsp3) is 0.172. The van der Waals surface area contributed by atoms with Crippen molar-refractivity contribution in [1.82, 2.24) is 15.6 Å². The minimum atomic E-state index is -0.348. The van der Waals surface area contributed by atoms with Crippen molar-refractivity contribution >= 4 is 56.5 Å². The molecule has 2 unspecified atom stereocenters. The molecule has 2 aliphatic rings. The Hall–Kier alpha value is -4.50. The number of rotatable bonds is 6. The molecule has 9 heteroatoms. The van der Waals surface area contributed by atoms with Crippen LogP contribution in [0.2, 0.25) is 0 Å². The molecule has 0 radical (unpaired) electrons. The zero-order valence-corrected chi connectivity index (χ0v) is 21.3. The molecule has 3 heterocycles. The summed E-state index contributed by atoms with van der Waals surface area (Å²) in [6.07, 6.45) is 5.33. The van der Waals surface area contributed by atoms with E-state index in [0.29, 0.717) is 26.8 Å². The molecule has 2 aromatic heterocycles. The first-order valence-corrected chi connectivity index (χ1v) is 13.3. The van der Waals surface area contributed by atoms with Crippen molar-refractivity contribution in [3.63, 3.8) is 0 Å². The Balaban J connectivity index is 1.34. The van der Waals surface area contributed by atoms with Crippen LogP contribution in [0.5, 0.6) is 0 Å². The predicted octanol–water partition coefficient (Wildman–Crippen LogP) is 5.60. The zero-order chi connectivity index (χ0) is 26.2. The van der Waals surface area contributed by atoms with E-state index in [1.807, 2.05) is 54.6 Å². The number of amides is 4. The van der Waals surface area contributed by atoms with Gasteiger partial charge in [-0.1, -0.05) is 49.0 Å².